The number of aromatic nitrogens is 2. The van der Waals surface area contributed by atoms with Crippen LogP contribution in [-0.4, -0.2) is 16.7 Å². The molecule has 0 bridgehead atoms. The van der Waals surface area contributed by atoms with Crippen LogP contribution in [0.2, 0.25) is 5.15 Å². The molecule has 0 saturated heterocycles. The van der Waals surface area contributed by atoms with Crippen molar-refractivity contribution in [3.63, 3.8) is 0 Å². The van der Waals surface area contributed by atoms with Gasteiger partial charge >= 0.3 is 0 Å². The number of nitrogens with zero attached hydrogens (tertiary/aromatic N) is 2. The monoisotopic (exact) mass is 171 g/mol. The number of hydrogen-bond acceptors (Lipinski definition) is 3. The second-order valence-electron chi connectivity index (χ2n) is 2.19. The molecule has 0 aliphatic rings. The third-order valence-electron chi connectivity index (χ3n) is 1.20. The van der Waals surface area contributed by atoms with Crippen LogP contribution in [0.3, 0.4) is 0 Å². The van der Waals surface area contributed by atoms with Gasteiger partial charge in [0.25, 0.3) is 0 Å². The largest absolute Gasteiger partial charge is 0.384 e. The van der Waals surface area contributed by atoms with Crippen molar-refractivity contribution in [3.8, 4) is 0 Å². The molecule has 0 aromatic carbocycles. The van der Waals surface area contributed by atoms with E-state index in [2.05, 4.69) is 22.4 Å². The fourth-order valence-electron chi connectivity index (χ4n) is 0.707. The highest BCUT2D eigenvalue weighted by Gasteiger charge is 1.92. The van der Waals surface area contributed by atoms with Crippen LogP contribution >= 0.6 is 11.6 Å². The van der Waals surface area contributed by atoms with Gasteiger partial charge in [0.05, 0.1) is 11.9 Å². The molecule has 0 unspecified atom stereocenters. The zero-order chi connectivity index (χ0) is 8.10. The topological polar surface area (TPSA) is 37.8 Å². The summed E-state index contributed by atoms with van der Waals surface area (Å²) in [6, 6.07) is 1.75. The van der Waals surface area contributed by atoms with E-state index in [1.807, 2.05) is 0 Å². The molecule has 11 heavy (non-hydrogen) atoms. The molecule has 0 spiro atoms. The van der Waals surface area contributed by atoms with Gasteiger partial charge in [0.2, 0.25) is 0 Å². The number of anilines is 1. The maximum Gasteiger partial charge on any atom is 0.153 e. The van der Waals surface area contributed by atoms with E-state index in [1.54, 1.807) is 12.3 Å². The first kappa shape index (κ1) is 8.27. The van der Waals surface area contributed by atoms with E-state index in [4.69, 9.17) is 11.6 Å². The van der Waals surface area contributed by atoms with E-state index in [0.717, 1.165) is 18.7 Å². The van der Waals surface area contributed by atoms with Gasteiger partial charge in [-0.15, -0.1) is 5.10 Å². The van der Waals surface area contributed by atoms with Crippen molar-refractivity contribution in [3.05, 3.63) is 17.4 Å². The Hall–Kier alpha value is -0.830. The van der Waals surface area contributed by atoms with Crippen molar-refractivity contribution in [2.75, 3.05) is 11.9 Å². The highest BCUT2D eigenvalue weighted by Crippen LogP contribution is 2.09. The van der Waals surface area contributed by atoms with E-state index in [1.165, 1.54) is 0 Å². The van der Waals surface area contributed by atoms with Gasteiger partial charge in [0, 0.05) is 12.6 Å². The molecule has 0 radical (unpaired) electrons. The van der Waals surface area contributed by atoms with Gasteiger partial charge in [-0.25, -0.2) is 0 Å². The molecule has 0 fully saturated rings. The molecular formula is C7H10ClN3. The molecule has 0 aliphatic carbocycles. The van der Waals surface area contributed by atoms with Crippen LogP contribution < -0.4 is 5.32 Å². The molecule has 0 saturated carbocycles. The smallest absolute Gasteiger partial charge is 0.153 e. The van der Waals surface area contributed by atoms with Gasteiger partial charge in [-0.05, 0) is 6.42 Å². The lowest BCUT2D eigenvalue weighted by atomic mass is 10.4. The maximum absolute atomic E-state index is 5.61. The predicted molar refractivity (Wildman–Crippen MR) is 45.8 cm³/mol. The Bertz CT molecular complexity index is 227. The van der Waals surface area contributed by atoms with Crippen LogP contribution in [0, 0.1) is 0 Å². The minimum Gasteiger partial charge on any atom is -0.384 e. The Morgan fingerprint density at radius 3 is 3.09 bits per heavy atom. The van der Waals surface area contributed by atoms with Crippen molar-refractivity contribution >= 4 is 17.3 Å². The Morgan fingerprint density at radius 2 is 2.45 bits per heavy atom. The van der Waals surface area contributed by atoms with Crippen molar-refractivity contribution < 1.29 is 0 Å². The summed E-state index contributed by atoms with van der Waals surface area (Å²) >= 11 is 5.61. The third-order valence-corrected chi connectivity index (χ3v) is 1.39. The third kappa shape index (κ3) is 2.72. The van der Waals surface area contributed by atoms with Crippen LogP contribution in [-0.2, 0) is 0 Å². The normalized spacial score (nSPS) is 9.64. The molecule has 1 aromatic rings. The van der Waals surface area contributed by atoms with E-state index < -0.39 is 0 Å². The minimum absolute atomic E-state index is 0.422. The molecule has 4 heteroatoms. The van der Waals surface area contributed by atoms with E-state index in [9.17, 15) is 0 Å². The summed E-state index contributed by atoms with van der Waals surface area (Å²) in [7, 11) is 0. The summed E-state index contributed by atoms with van der Waals surface area (Å²) < 4.78 is 0. The van der Waals surface area contributed by atoms with Crippen molar-refractivity contribution in [2.45, 2.75) is 13.3 Å². The molecule has 1 heterocycles. The summed E-state index contributed by atoms with van der Waals surface area (Å²) in [5, 5.41) is 10.9. The zero-order valence-electron chi connectivity index (χ0n) is 6.34. The summed E-state index contributed by atoms with van der Waals surface area (Å²) in [4.78, 5) is 0. The second kappa shape index (κ2) is 4.13. The molecule has 1 N–H and O–H groups in total. The maximum atomic E-state index is 5.61. The summed E-state index contributed by atoms with van der Waals surface area (Å²) in [5.41, 5.74) is 0.923. The lowest BCUT2D eigenvalue weighted by molar-refractivity contribution is 0.965. The fraction of sp³-hybridized carbons (Fsp3) is 0.429. The van der Waals surface area contributed by atoms with E-state index in [-0.39, 0.29) is 0 Å². The number of hydrogen-bond donors (Lipinski definition) is 1. The van der Waals surface area contributed by atoms with E-state index >= 15 is 0 Å². The van der Waals surface area contributed by atoms with Gasteiger partial charge < -0.3 is 5.32 Å². The molecule has 1 rings (SSSR count). The van der Waals surface area contributed by atoms with E-state index in [0.29, 0.717) is 5.15 Å². The summed E-state index contributed by atoms with van der Waals surface area (Å²) in [6.07, 6.45) is 2.74. The lowest BCUT2D eigenvalue weighted by Crippen LogP contribution is -2.00. The highest BCUT2D eigenvalue weighted by molar-refractivity contribution is 6.29. The standard InChI is InChI=1S/C7H10ClN3/c1-2-3-9-6-4-7(8)11-10-5-6/h4-5H,2-3H2,1H3,(H,9,11). The average Bonchev–Trinajstić information content (AvgIpc) is 2.01. The predicted octanol–water partition coefficient (Wildman–Crippen LogP) is 1.95. The Kier molecular flexibility index (Phi) is 3.11. The highest BCUT2D eigenvalue weighted by atomic mass is 35.5. The molecule has 60 valence electrons. The quantitative estimate of drug-likeness (QED) is 0.756. The zero-order valence-corrected chi connectivity index (χ0v) is 7.10. The first-order chi connectivity index (χ1) is 5.33. The molecule has 0 aliphatic heterocycles. The SMILES string of the molecule is CCCNc1cnnc(Cl)c1. The van der Waals surface area contributed by atoms with Crippen LogP contribution in [0.1, 0.15) is 13.3 Å². The van der Waals surface area contributed by atoms with Gasteiger partial charge in [-0.2, -0.15) is 5.10 Å². The first-order valence-electron chi connectivity index (χ1n) is 3.55. The Morgan fingerprint density at radius 1 is 1.64 bits per heavy atom. The van der Waals surface area contributed by atoms with Crippen LogP contribution in [0.15, 0.2) is 12.3 Å². The van der Waals surface area contributed by atoms with Crippen LogP contribution in [0.5, 0.6) is 0 Å². The molecule has 1 aromatic heterocycles. The lowest BCUT2D eigenvalue weighted by Gasteiger charge is -2.01. The Labute approximate surface area is 70.8 Å². The van der Waals surface area contributed by atoms with Gasteiger partial charge in [-0.1, -0.05) is 18.5 Å². The van der Waals surface area contributed by atoms with Crippen molar-refractivity contribution in [1.29, 1.82) is 0 Å². The fourth-order valence-corrected chi connectivity index (χ4v) is 0.868. The second-order valence-corrected chi connectivity index (χ2v) is 2.58. The van der Waals surface area contributed by atoms with Gasteiger partial charge in [0.15, 0.2) is 5.15 Å². The number of nitrogens with one attached hydrogen (secondary N) is 1. The summed E-state index contributed by atoms with van der Waals surface area (Å²) in [5.74, 6) is 0. The molecule has 0 amide bonds. The van der Waals surface area contributed by atoms with Crippen LogP contribution in [0.25, 0.3) is 0 Å². The molecule has 3 nitrogen and oxygen atoms in total. The molecular weight excluding hydrogens is 162 g/mol. The average molecular weight is 172 g/mol. The number of rotatable bonds is 3. The van der Waals surface area contributed by atoms with Crippen LogP contribution in [0.4, 0.5) is 5.69 Å². The van der Waals surface area contributed by atoms with Crippen molar-refractivity contribution in [2.24, 2.45) is 0 Å². The summed E-state index contributed by atoms with van der Waals surface area (Å²) in [6.45, 7) is 3.03. The molecule has 0 atom stereocenters. The van der Waals surface area contributed by atoms with Crippen molar-refractivity contribution in [1.82, 2.24) is 10.2 Å². The first-order valence-corrected chi connectivity index (χ1v) is 3.93. The van der Waals surface area contributed by atoms with Gasteiger partial charge in [-0.3, -0.25) is 0 Å². The number of halogens is 1. The Balaban J connectivity index is 2.56. The minimum atomic E-state index is 0.422. The van der Waals surface area contributed by atoms with Gasteiger partial charge in [0.1, 0.15) is 0 Å².